The van der Waals surface area contributed by atoms with Crippen LogP contribution in [0.15, 0.2) is 0 Å². The second-order valence-electron chi connectivity index (χ2n) is 0. The second kappa shape index (κ2) is 16.0. The molecule has 0 aromatic rings. The topological polar surface area (TPSA) is 0 Å². The molecule has 4 heavy (non-hydrogen) atoms. The SMILES string of the molecule is [Ba].[In].[Se].[Zn]. The van der Waals surface area contributed by atoms with Crippen LogP contribution in [0.25, 0.3) is 0 Å². The van der Waals surface area contributed by atoms with Gasteiger partial charge in [0.25, 0.3) is 0 Å². The summed E-state index contributed by atoms with van der Waals surface area (Å²) in [7, 11) is 0. The first-order valence-electron chi connectivity index (χ1n) is 0. The van der Waals surface area contributed by atoms with E-state index in [1.807, 2.05) is 0 Å². The third kappa shape index (κ3) is 9.14. The molecule has 0 saturated heterocycles. The van der Waals surface area contributed by atoms with Gasteiger partial charge in [-0.2, -0.15) is 0 Å². The predicted molar refractivity (Wildman–Crippen MR) is 17.3 cm³/mol. The van der Waals surface area contributed by atoms with E-state index in [4.69, 9.17) is 0 Å². The Morgan fingerprint density at radius 2 is 1.00 bits per heavy atom. The fraction of sp³-hybridized carbons (Fsp3) is 0. The zero-order valence-corrected chi connectivity index (χ0v) is 14.8. The molecule has 0 rings (SSSR count). The van der Waals surface area contributed by atoms with E-state index in [9.17, 15) is 0 Å². The summed E-state index contributed by atoms with van der Waals surface area (Å²) in [5.74, 6) is 0. The van der Waals surface area contributed by atoms with Crippen LogP contribution in [-0.2, 0) is 19.5 Å². The summed E-state index contributed by atoms with van der Waals surface area (Å²) in [6.07, 6.45) is 0. The van der Waals surface area contributed by atoms with Crippen molar-refractivity contribution in [2.45, 2.75) is 0 Å². The number of rotatable bonds is 0. The van der Waals surface area contributed by atoms with Gasteiger partial charge in [0.15, 0.2) is 0 Å². The third-order valence-electron chi connectivity index (χ3n) is 0. The average molecular weight is 396 g/mol. The molecule has 0 aliphatic rings. The standard InChI is InChI=1S/Ba.In.Se.Zn. The van der Waals surface area contributed by atoms with Crippen LogP contribution in [0.3, 0.4) is 0 Å². The maximum atomic E-state index is 0. The Morgan fingerprint density at radius 3 is 1.00 bits per heavy atom. The minimum Gasteiger partial charge on any atom is 0 e. The molecule has 0 aromatic carbocycles. The molecule has 0 bridgehead atoms. The largest absolute Gasteiger partial charge is 0 e. The van der Waals surface area contributed by atoms with Crippen LogP contribution in [0.2, 0.25) is 0 Å². The van der Waals surface area contributed by atoms with Gasteiger partial charge in [-0.25, -0.2) is 0 Å². The first-order chi connectivity index (χ1) is 0. The summed E-state index contributed by atoms with van der Waals surface area (Å²) in [4.78, 5) is 0. The summed E-state index contributed by atoms with van der Waals surface area (Å²) in [5.41, 5.74) is 0. The summed E-state index contributed by atoms with van der Waals surface area (Å²) >= 11 is 0. The Kier molecular flexibility index (Phi) is 102. The molecule has 0 nitrogen and oxygen atoms in total. The van der Waals surface area contributed by atoms with Crippen LogP contribution in [0.4, 0.5) is 0 Å². The van der Waals surface area contributed by atoms with Crippen LogP contribution < -0.4 is 0 Å². The van der Waals surface area contributed by atoms with E-state index in [2.05, 4.69) is 0 Å². The Balaban J connectivity index is 0. The minimum atomic E-state index is 0. The van der Waals surface area contributed by atoms with Gasteiger partial charge in [-0.1, -0.05) is 0 Å². The van der Waals surface area contributed by atoms with Gasteiger partial charge in [0, 0.05) is 111 Å². The maximum absolute atomic E-state index is 0. The zero-order valence-electron chi connectivity index (χ0n) is 2.40. The van der Waals surface area contributed by atoms with Crippen molar-refractivity contribution in [3.05, 3.63) is 0 Å². The van der Waals surface area contributed by atoms with E-state index >= 15 is 0 Å². The van der Waals surface area contributed by atoms with E-state index in [1.165, 1.54) is 0 Å². The molecular weight excluding hydrogens is 396 g/mol. The van der Waals surface area contributed by atoms with Crippen LogP contribution in [-0.4, -0.2) is 91.8 Å². The Labute approximate surface area is 108 Å². The maximum Gasteiger partial charge on any atom is 0 e. The van der Waals surface area contributed by atoms with E-state index in [0.717, 1.165) is 0 Å². The molecule has 0 atom stereocenters. The van der Waals surface area contributed by atoms with Crippen LogP contribution in [0, 0.1) is 0 Å². The molecule has 0 saturated carbocycles. The smallest absolute Gasteiger partial charge is 0 e. The molecule has 0 aromatic heterocycles. The van der Waals surface area contributed by atoms with E-state index in [0.29, 0.717) is 0 Å². The van der Waals surface area contributed by atoms with Gasteiger partial charge in [-0.15, -0.1) is 0 Å². The monoisotopic (exact) mass is 397 g/mol. The third-order valence-corrected chi connectivity index (χ3v) is 0. The summed E-state index contributed by atoms with van der Waals surface area (Å²) in [6.45, 7) is 0. The number of hydrogen-bond acceptors (Lipinski definition) is 0. The van der Waals surface area contributed by atoms with Crippen molar-refractivity contribution in [3.63, 3.8) is 0 Å². The molecule has 0 N–H and O–H groups in total. The van der Waals surface area contributed by atoms with Crippen molar-refractivity contribution in [2.75, 3.05) is 0 Å². The molecular formula is BaInSeZn. The Bertz CT molecular complexity index is 8.00. The molecule has 0 fully saturated rings. The summed E-state index contributed by atoms with van der Waals surface area (Å²) in [5, 5.41) is 0. The van der Waals surface area contributed by atoms with Gasteiger partial charge < -0.3 is 0 Å². The van der Waals surface area contributed by atoms with E-state index in [1.54, 1.807) is 0 Å². The molecule has 0 unspecified atom stereocenters. The van der Waals surface area contributed by atoms with Gasteiger partial charge in [0.1, 0.15) is 0 Å². The average Bonchev–Trinajstić information content (AvgIpc) is 0. The summed E-state index contributed by atoms with van der Waals surface area (Å²) < 4.78 is 0. The molecule has 13 valence electrons. The van der Waals surface area contributed by atoms with Crippen molar-refractivity contribution in [2.24, 2.45) is 0 Å². The molecule has 7 radical (unpaired) electrons. The fourth-order valence-corrected chi connectivity index (χ4v) is 0. The van der Waals surface area contributed by atoms with E-state index < -0.39 is 0 Å². The second-order valence-corrected chi connectivity index (χ2v) is 0. The molecule has 0 aliphatic heterocycles. The van der Waals surface area contributed by atoms with Crippen LogP contribution >= 0.6 is 0 Å². The quantitative estimate of drug-likeness (QED) is 0.454. The normalized spacial score (nSPS) is 0. The van der Waals surface area contributed by atoms with Crippen molar-refractivity contribution in [1.82, 2.24) is 0 Å². The van der Waals surface area contributed by atoms with Gasteiger partial charge in [0.05, 0.1) is 0 Å². The van der Waals surface area contributed by atoms with Crippen molar-refractivity contribution in [1.29, 1.82) is 0 Å². The number of hydrogen-bond donors (Lipinski definition) is 0. The first kappa shape index (κ1) is 25.6. The van der Waals surface area contributed by atoms with Crippen molar-refractivity contribution >= 4 is 91.8 Å². The first-order valence-corrected chi connectivity index (χ1v) is 0. The molecule has 0 aliphatic carbocycles. The Hall–Kier alpha value is 3.58. The fourth-order valence-electron chi connectivity index (χ4n) is 0. The van der Waals surface area contributed by atoms with Crippen molar-refractivity contribution in [3.8, 4) is 0 Å². The van der Waals surface area contributed by atoms with Gasteiger partial charge in [0.2, 0.25) is 0 Å². The van der Waals surface area contributed by atoms with Crippen LogP contribution in [0.5, 0.6) is 0 Å². The van der Waals surface area contributed by atoms with Crippen LogP contribution in [0.1, 0.15) is 0 Å². The van der Waals surface area contributed by atoms with E-state index in [-0.39, 0.29) is 111 Å². The minimum absolute atomic E-state index is 0. The van der Waals surface area contributed by atoms with Gasteiger partial charge >= 0.3 is 0 Å². The Morgan fingerprint density at radius 1 is 1.00 bits per heavy atom. The molecule has 4 heteroatoms. The molecule has 0 amide bonds. The zero-order chi connectivity index (χ0) is 0. The van der Waals surface area contributed by atoms with Crippen molar-refractivity contribution < 1.29 is 19.5 Å². The summed E-state index contributed by atoms with van der Waals surface area (Å²) in [6, 6.07) is 0. The predicted octanol–water partition coefficient (Wildman–Crippen LogP) is -1.14. The van der Waals surface area contributed by atoms with Gasteiger partial charge in [-0.3, -0.25) is 0 Å². The molecule has 0 spiro atoms. The van der Waals surface area contributed by atoms with Gasteiger partial charge in [-0.05, 0) is 0 Å². The molecule has 0 heterocycles.